The lowest BCUT2D eigenvalue weighted by Crippen LogP contribution is -2.14. The van der Waals surface area contributed by atoms with E-state index in [1.165, 1.54) is 6.07 Å². The number of halogens is 1. The van der Waals surface area contributed by atoms with Crippen molar-refractivity contribution in [2.75, 3.05) is 0 Å². The molecule has 13 heavy (non-hydrogen) atoms. The number of rotatable bonds is 2. The largest absolute Gasteiger partial charge is 0.389 e. The van der Waals surface area contributed by atoms with Crippen LogP contribution < -0.4 is 0 Å². The van der Waals surface area contributed by atoms with Crippen LogP contribution in [0, 0.1) is 11.7 Å². The first-order chi connectivity index (χ1) is 6.12. The summed E-state index contributed by atoms with van der Waals surface area (Å²) in [5.74, 6) is 0.0992. The first-order valence-corrected chi connectivity index (χ1v) is 4.57. The van der Waals surface area contributed by atoms with E-state index in [2.05, 4.69) is 0 Å². The first kappa shape index (κ1) is 8.70. The van der Waals surface area contributed by atoms with Crippen LogP contribution in [-0.4, -0.2) is 10.7 Å². The molecule has 0 saturated heterocycles. The van der Waals surface area contributed by atoms with Gasteiger partial charge < -0.3 is 5.11 Å². The maximum atomic E-state index is 13.2. The van der Waals surface area contributed by atoms with Gasteiger partial charge in [0.2, 0.25) is 0 Å². The molecule has 2 heteroatoms. The summed E-state index contributed by atoms with van der Waals surface area (Å²) >= 11 is 0. The zero-order valence-corrected chi connectivity index (χ0v) is 7.63. The van der Waals surface area contributed by atoms with Gasteiger partial charge in [-0.1, -0.05) is 25.1 Å². The van der Waals surface area contributed by atoms with Gasteiger partial charge in [-0.3, -0.25) is 0 Å². The van der Waals surface area contributed by atoms with Gasteiger partial charge in [-0.05, 0) is 24.0 Å². The molecule has 1 aromatic carbocycles. The van der Waals surface area contributed by atoms with E-state index in [4.69, 9.17) is 0 Å². The third kappa shape index (κ3) is 1.59. The van der Waals surface area contributed by atoms with Crippen LogP contribution in [-0.2, 0) is 6.42 Å². The maximum Gasteiger partial charge on any atom is 0.126 e. The Labute approximate surface area is 77.2 Å². The van der Waals surface area contributed by atoms with Crippen LogP contribution in [0.5, 0.6) is 0 Å². The Bertz CT molecular complexity index is 324. The Kier molecular flexibility index (Phi) is 1.88. The standard InChI is InChI=1S/C11H13FO/c1-8-6-11(8,13)7-9-4-2-3-5-10(9)12/h2-5,8,13H,6-7H2,1H3. The Morgan fingerprint density at radius 1 is 1.54 bits per heavy atom. The highest BCUT2D eigenvalue weighted by atomic mass is 19.1. The fraction of sp³-hybridized carbons (Fsp3) is 0.455. The molecule has 1 fully saturated rings. The second-order valence-electron chi connectivity index (χ2n) is 3.98. The molecule has 2 atom stereocenters. The Morgan fingerprint density at radius 2 is 2.15 bits per heavy atom. The summed E-state index contributed by atoms with van der Waals surface area (Å²) in [5.41, 5.74) is -0.0169. The minimum absolute atomic E-state index is 0.213. The van der Waals surface area contributed by atoms with Crippen LogP contribution in [0.25, 0.3) is 0 Å². The highest BCUT2D eigenvalue weighted by Crippen LogP contribution is 2.45. The van der Waals surface area contributed by atoms with E-state index < -0.39 is 5.60 Å². The topological polar surface area (TPSA) is 20.2 Å². The number of benzene rings is 1. The van der Waals surface area contributed by atoms with E-state index in [1.54, 1.807) is 18.2 Å². The molecule has 0 heterocycles. The molecular weight excluding hydrogens is 167 g/mol. The van der Waals surface area contributed by atoms with Gasteiger partial charge in [0.05, 0.1) is 5.60 Å². The van der Waals surface area contributed by atoms with Gasteiger partial charge in [-0.2, -0.15) is 0 Å². The highest BCUT2D eigenvalue weighted by Gasteiger charge is 2.49. The molecule has 1 aromatic rings. The second-order valence-corrected chi connectivity index (χ2v) is 3.98. The van der Waals surface area contributed by atoms with E-state index in [9.17, 15) is 9.50 Å². The van der Waals surface area contributed by atoms with Crippen LogP contribution in [0.2, 0.25) is 0 Å². The van der Waals surface area contributed by atoms with Crippen molar-refractivity contribution in [2.24, 2.45) is 5.92 Å². The van der Waals surface area contributed by atoms with E-state index in [0.717, 1.165) is 6.42 Å². The van der Waals surface area contributed by atoms with Gasteiger partial charge in [0.15, 0.2) is 0 Å². The van der Waals surface area contributed by atoms with Crippen LogP contribution >= 0.6 is 0 Å². The molecular formula is C11H13FO. The van der Waals surface area contributed by atoms with Crippen molar-refractivity contribution in [3.05, 3.63) is 35.6 Å². The molecule has 0 spiro atoms. The molecule has 1 nitrogen and oxygen atoms in total. The van der Waals surface area contributed by atoms with Gasteiger partial charge >= 0.3 is 0 Å². The first-order valence-electron chi connectivity index (χ1n) is 4.57. The van der Waals surface area contributed by atoms with E-state index >= 15 is 0 Å². The molecule has 1 saturated carbocycles. The van der Waals surface area contributed by atoms with Crippen LogP contribution in [0.3, 0.4) is 0 Å². The quantitative estimate of drug-likeness (QED) is 0.739. The van der Waals surface area contributed by atoms with E-state index in [0.29, 0.717) is 17.9 Å². The lowest BCUT2D eigenvalue weighted by molar-refractivity contribution is 0.133. The van der Waals surface area contributed by atoms with Gasteiger partial charge in [-0.15, -0.1) is 0 Å². The molecule has 1 aliphatic rings. The number of hydrogen-bond donors (Lipinski definition) is 1. The van der Waals surface area contributed by atoms with Gasteiger partial charge in [0.1, 0.15) is 5.82 Å². The van der Waals surface area contributed by atoms with Crippen molar-refractivity contribution >= 4 is 0 Å². The molecule has 0 radical (unpaired) electrons. The minimum atomic E-state index is -0.637. The monoisotopic (exact) mass is 180 g/mol. The van der Waals surface area contributed by atoms with E-state index in [1.807, 2.05) is 6.92 Å². The molecule has 0 aliphatic heterocycles. The maximum absolute atomic E-state index is 13.2. The normalized spacial score (nSPS) is 31.8. The van der Waals surface area contributed by atoms with Crippen molar-refractivity contribution in [2.45, 2.75) is 25.4 Å². The summed E-state index contributed by atoms with van der Waals surface area (Å²) in [6.45, 7) is 1.99. The fourth-order valence-electron chi connectivity index (χ4n) is 1.69. The molecule has 2 unspecified atom stereocenters. The number of aliphatic hydroxyl groups is 1. The molecule has 0 aromatic heterocycles. The van der Waals surface area contributed by atoms with Crippen LogP contribution in [0.15, 0.2) is 24.3 Å². The van der Waals surface area contributed by atoms with Gasteiger partial charge in [0.25, 0.3) is 0 Å². The zero-order chi connectivity index (χ0) is 9.47. The zero-order valence-electron chi connectivity index (χ0n) is 7.63. The summed E-state index contributed by atoms with van der Waals surface area (Å²) < 4.78 is 13.2. The summed E-state index contributed by atoms with van der Waals surface area (Å²) in [5, 5.41) is 9.81. The smallest absolute Gasteiger partial charge is 0.126 e. The lowest BCUT2D eigenvalue weighted by Gasteiger charge is -2.09. The van der Waals surface area contributed by atoms with Gasteiger partial charge in [-0.25, -0.2) is 4.39 Å². The molecule has 70 valence electrons. The summed E-state index contributed by atoms with van der Waals surface area (Å²) in [6.07, 6.45) is 1.24. The van der Waals surface area contributed by atoms with Crippen molar-refractivity contribution in [1.29, 1.82) is 0 Å². The Balaban J connectivity index is 2.15. The molecule has 2 rings (SSSR count). The molecule has 1 N–H and O–H groups in total. The summed E-state index contributed by atoms with van der Waals surface area (Å²) in [7, 11) is 0. The van der Waals surface area contributed by atoms with Crippen molar-refractivity contribution in [3.63, 3.8) is 0 Å². The average Bonchev–Trinajstić information content (AvgIpc) is 2.65. The molecule has 1 aliphatic carbocycles. The Hall–Kier alpha value is -0.890. The highest BCUT2D eigenvalue weighted by molar-refractivity contribution is 5.22. The van der Waals surface area contributed by atoms with Gasteiger partial charge in [0, 0.05) is 6.42 Å². The SMILES string of the molecule is CC1CC1(O)Cc1ccccc1F. The summed E-state index contributed by atoms with van der Waals surface area (Å²) in [6, 6.07) is 6.64. The lowest BCUT2D eigenvalue weighted by atomic mass is 10.0. The summed E-state index contributed by atoms with van der Waals surface area (Å²) in [4.78, 5) is 0. The molecule has 0 amide bonds. The van der Waals surface area contributed by atoms with Crippen molar-refractivity contribution in [1.82, 2.24) is 0 Å². The predicted molar refractivity (Wildman–Crippen MR) is 48.8 cm³/mol. The molecule has 0 bridgehead atoms. The number of hydrogen-bond acceptors (Lipinski definition) is 1. The fourth-order valence-corrected chi connectivity index (χ4v) is 1.69. The second kappa shape index (κ2) is 2.81. The van der Waals surface area contributed by atoms with Crippen LogP contribution in [0.4, 0.5) is 4.39 Å². The third-order valence-corrected chi connectivity index (χ3v) is 2.87. The van der Waals surface area contributed by atoms with Crippen molar-refractivity contribution < 1.29 is 9.50 Å². The van der Waals surface area contributed by atoms with E-state index in [-0.39, 0.29) is 5.82 Å². The van der Waals surface area contributed by atoms with Crippen LogP contribution in [0.1, 0.15) is 18.9 Å². The minimum Gasteiger partial charge on any atom is -0.389 e. The Morgan fingerprint density at radius 3 is 2.69 bits per heavy atom. The average molecular weight is 180 g/mol. The third-order valence-electron chi connectivity index (χ3n) is 2.87. The van der Waals surface area contributed by atoms with Crippen molar-refractivity contribution in [3.8, 4) is 0 Å². The predicted octanol–water partition coefficient (Wildman–Crippen LogP) is 2.14.